The summed E-state index contributed by atoms with van der Waals surface area (Å²) in [6.45, 7) is 5.00. The molecule has 4 rings (SSSR count). The van der Waals surface area contributed by atoms with Gasteiger partial charge in [0.1, 0.15) is 6.04 Å². The van der Waals surface area contributed by atoms with Crippen LogP contribution in [-0.2, 0) is 22.3 Å². The van der Waals surface area contributed by atoms with Gasteiger partial charge in [0.2, 0.25) is 0 Å². The molecule has 3 aromatic carbocycles. The van der Waals surface area contributed by atoms with Gasteiger partial charge in [-0.05, 0) is 78.5 Å². The van der Waals surface area contributed by atoms with Crippen LogP contribution in [0.2, 0.25) is 0 Å². The van der Waals surface area contributed by atoms with Gasteiger partial charge in [-0.3, -0.25) is 9.69 Å². The number of rotatable bonds is 9. The molecule has 3 nitrogen and oxygen atoms in total. The smallest absolute Gasteiger partial charge is 0.417 e. The van der Waals surface area contributed by atoms with Crippen LogP contribution in [0, 0.1) is 5.92 Å². The lowest BCUT2D eigenvalue weighted by Gasteiger charge is -2.44. The molecule has 9 heteroatoms. The standard InChI is InChI=1S/C34H37F6NO2/c1-4-43-32(42)27(18-22(2)3)26-19-25(24-14-9-6-10-15-24)20-28(31(26)34(38,39)40)29-16-11-17-30(33(35,36)37)41(29)21-23-12-7-5-8-13-23/h5-10,12-15,19-20,22,27,29-30H,4,11,16-18,21H2,1-3H3. The molecule has 3 unspecified atom stereocenters. The predicted molar refractivity (Wildman–Crippen MR) is 154 cm³/mol. The van der Waals surface area contributed by atoms with Crippen LogP contribution in [0.4, 0.5) is 26.3 Å². The molecule has 0 saturated carbocycles. The van der Waals surface area contributed by atoms with Crippen molar-refractivity contribution in [2.45, 2.75) is 83.4 Å². The van der Waals surface area contributed by atoms with E-state index in [0.29, 0.717) is 16.7 Å². The Morgan fingerprint density at radius 2 is 1.53 bits per heavy atom. The lowest BCUT2D eigenvalue weighted by molar-refractivity contribution is -0.202. The predicted octanol–water partition coefficient (Wildman–Crippen LogP) is 9.72. The highest BCUT2D eigenvalue weighted by molar-refractivity contribution is 5.80. The van der Waals surface area contributed by atoms with Crippen molar-refractivity contribution in [3.05, 3.63) is 95.1 Å². The summed E-state index contributed by atoms with van der Waals surface area (Å²) in [6.07, 6.45) is -9.49. The summed E-state index contributed by atoms with van der Waals surface area (Å²) in [5.41, 5.74) is 0.0309. The molecule has 0 aliphatic carbocycles. The van der Waals surface area contributed by atoms with Crippen molar-refractivity contribution in [3.8, 4) is 11.1 Å². The third-order valence-corrected chi connectivity index (χ3v) is 7.94. The summed E-state index contributed by atoms with van der Waals surface area (Å²) in [7, 11) is 0. The minimum atomic E-state index is -4.94. The van der Waals surface area contributed by atoms with E-state index in [4.69, 9.17) is 4.74 Å². The number of piperidine rings is 1. The van der Waals surface area contributed by atoms with E-state index in [1.165, 1.54) is 17.0 Å². The van der Waals surface area contributed by atoms with Gasteiger partial charge in [0.05, 0.1) is 18.1 Å². The minimum Gasteiger partial charge on any atom is -0.466 e. The lowest BCUT2D eigenvalue weighted by Crippen LogP contribution is -2.49. The molecular weight excluding hydrogens is 568 g/mol. The van der Waals surface area contributed by atoms with E-state index in [1.54, 1.807) is 81.4 Å². The van der Waals surface area contributed by atoms with Crippen LogP contribution < -0.4 is 0 Å². The van der Waals surface area contributed by atoms with Crippen LogP contribution >= 0.6 is 0 Å². The fourth-order valence-electron chi connectivity index (χ4n) is 6.17. The van der Waals surface area contributed by atoms with Crippen molar-refractivity contribution in [2.24, 2.45) is 5.92 Å². The van der Waals surface area contributed by atoms with Gasteiger partial charge < -0.3 is 4.74 Å². The molecule has 3 atom stereocenters. The average molecular weight is 606 g/mol. The van der Waals surface area contributed by atoms with Gasteiger partial charge in [0, 0.05) is 12.6 Å². The van der Waals surface area contributed by atoms with E-state index >= 15 is 13.2 Å². The Balaban J connectivity index is 2.03. The zero-order valence-electron chi connectivity index (χ0n) is 24.5. The highest BCUT2D eigenvalue weighted by Crippen LogP contribution is 2.49. The van der Waals surface area contributed by atoms with E-state index in [-0.39, 0.29) is 55.9 Å². The van der Waals surface area contributed by atoms with Crippen LogP contribution in [0.1, 0.15) is 80.7 Å². The van der Waals surface area contributed by atoms with E-state index in [1.807, 2.05) is 0 Å². The van der Waals surface area contributed by atoms with Gasteiger partial charge >= 0.3 is 18.3 Å². The maximum absolute atomic E-state index is 15.2. The number of alkyl halides is 6. The van der Waals surface area contributed by atoms with E-state index in [9.17, 15) is 18.0 Å². The van der Waals surface area contributed by atoms with Crippen LogP contribution in [0.15, 0.2) is 72.8 Å². The molecule has 1 aliphatic heterocycles. The van der Waals surface area contributed by atoms with Gasteiger partial charge in [-0.15, -0.1) is 0 Å². The summed E-state index contributed by atoms with van der Waals surface area (Å²) in [4.78, 5) is 14.4. The molecule has 0 N–H and O–H groups in total. The molecule has 0 spiro atoms. The number of carbonyl (C=O) groups is 1. The number of esters is 1. The van der Waals surface area contributed by atoms with Crippen molar-refractivity contribution in [3.63, 3.8) is 0 Å². The van der Waals surface area contributed by atoms with Gasteiger partial charge in [-0.1, -0.05) is 74.5 Å². The van der Waals surface area contributed by atoms with Crippen LogP contribution in [0.3, 0.4) is 0 Å². The van der Waals surface area contributed by atoms with Crippen molar-refractivity contribution in [1.82, 2.24) is 4.90 Å². The molecule has 1 fully saturated rings. The summed E-state index contributed by atoms with van der Waals surface area (Å²) in [6, 6.07) is 16.8. The van der Waals surface area contributed by atoms with E-state index in [0.717, 1.165) is 0 Å². The first kappa shape index (κ1) is 32.6. The zero-order valence-corrected chi connectivity index (χ0v) is 24.5. The Morgan fingerprint density at radius 3 is 2.09 bits per heavy atom. The Bertz CT molecular complexity index is 1360. The van der Waals surface area contributed by atoms with Gasteiger partial charge in [0.25, 0.3) is 0 Å². The van der Waals surface area contributed by atoms with Crippen molar-refractivity contribution >= 4 is 5.97 Å². The quantitative estimate of drug-likeness (QED) is 0.180. The Morgan fingerprint density at radius 1 is 0.907 bits per heavy atom. The summed E-state index contributed by atoms with van der Waals surface area (Å²) < 4.78 is 94.4. The van der Waals surface area contributed by atoms with Crippen molar-refractivity contribution in [1.29, 1.82) is 0 Å². The normalized spacial score (nSPS) is 18.9. The molecule has 43 heavy (non-hydrogen) atoms. The first-order valence-electron chi connectivity index (χ1n) is 14.6. The fraction of sp³-hybridized carbons (Fsp3) is 0.441. The molecule has 1 heterocycles. The Hall–Kier alpha value is -3.33. The molecule has 1 aliphatic rings. The first-order valence-corrected chi connectivity index (χ1v) is 14.6. The third-order valence-electron chi connectivity index (χ3n) is 7.94. The molecule has 232 valence electrons. The second-order valence-corrected chi connectivity index (χ2v) is 11.5. The molecule has 3 aromatic rings. The van der Waals surface area contributed by atoms with Gasteiger partial charge in [-0.2, -0.15) is 26.3 Å². The second-order valence-electron chi connectivity index (χ2n) is 11.5. The molecule has 0 aromatic heterocycles. The van der Waals surface area contributed by atoms with Crippen LogP contribution in [0.25, 0.3) is 11.1 Å². The first-order chi connectivity index (χ1) is 20.3. The van der Waals surface area contributed by atoms with Gasteiger partial charge in [0.15, 0.2) is 0 Å². The number of carbonyl (C=O) groups excluding carboxylic acids is 1. The molecule has 0 amide bonds. The number of ether oxygens (including phenoxy) is 1. The van der Waals surface area contributed by atoms with Crippen LogP contribution in [-0.4, -0.2) is 29.7 Å². The van der Waals surface area contributed by atoms with Crippen LogP contribution in [0.5, 0.6) is 0 Å². The Labute approximate surface area is 248 Å². The van der Waals surface area contributed by atoms with E-state index in [2.05, 4.69) is 0 Å². The number of hydrogen-bond acceptors (Lipinski definition) is 3. The maximum Gasteiger partial charge on any atom is 0.417 e. The zero-order chi connectivity index (χ0) is 31.4. The highest BCUT2D eigenvalue weighted by Gasteiger charge is 2.50. The maximum atomic E-state index is 15.2. The number of benzene rings is 3. The van der Waals surface area contributed by atoms with Crippen molar-refractivity contribution in [2.75, 3.05) is 6.61 Å². The Kier molecular flexibility index (Phi) is 10.3. The fourth-order valence-corrected chi connectivity index (χ4v) is 6.17. The summed E-state index contributed by atoms with van der Waals surface area (Å²) in [5.74, 6) is -2.18. The molecule has 0 radical (unpaired) electrons. The lowest BCUT2D eigenvalue weighted by atomic mass is 9.79. The van der Waals surface area contributed by atoms with Gasteiger partial charge in [-0.25, -0.2) is 0 Å². The largest absolute Gasteiger partial charge is 0.466 e. The number of hydrogen-bond donors (Lipinski definition) is 0. The average Bonchev–Trinajstić information content (AvgIpc) is 2.95. The number of nitrogens with zero attached hydrogens (tertiary/aromatic N) is 1. The number of likely N-dealkylation sites (tertiary alicyclic amines) is 1. The minimum absolute atomic E-state index is 0.0131. The van der Waals surface area contributed by atoms with Crippen molar-refractivity contribution < 1.29 is 35.9 Å². The monoisotopic (exact) mass is 605 g/mol. The van der Waals surface area contributed by atoms with E-state index < -0.39 is 41.9 Å². The SMILES string of the molecule is CCOC(=O)C(CC(C)C)c1cc(-c2ccccc2)cc(C2CCCC(C(F)(F)F)N2Cc2ccccc2)c1C(F)(F)F. The summed E-state index contributed by atoms with van der Waals surface area (Å²) in [5, 5.41) is 0. The summed E-state index contributed by atoms with van der Waals surface area (Å²) >= 11 is 0. The highest BCUT2D eigenvalue weighted by atomic mass is 19.4. The third kappa shape index (κ3) is 7.80. The molecular formula is C34H37F6NO2. The molecule has 0 bridgehead atoms. The molecule has 1 saturated heterocycles. The topological polar surface area (TPSA) is 29.5 Å². The number of halogens is 6. The second kappa shape index (κ2) is 13.5.